The molecule has 0 bridgehead atoms. The lowest BCUT2D eigenvalue weighted by Crippen LogP contribution is -2.28. The van der Waals surface area contributed by atoms with E-state index in [-0.39, 0.29) is 12.1 Å². The molecule has 0 amide bonds. The molecule has 1 aliphatic carbocycles. The Bertz CT molecular complexity index is 382. The number of benzene rings is 1. The number of aliphatic hydroxyl groups is 1. The van der Waals surface area contributed by atoms with Gasteiger partial charge >= 0.3 is 0 Å². The highest BCUT2D eigenvalue weighted by molar-refractivity contribution is 6.39. The molecule has 0 spiro atoms. The zero-order chi connectivity index (χ0) is 12.4. The summed E-state index contributed by atoms with van der Waals surface area (Å²) >= 11 is 11.9. The van der Waals surface area contributed by atoms with Crippen LogP contribution in [0.25, 0.3) is 0 Å². The van der Waals surface area contributed by atoms with Crippen LogP contribution in [0.1, 0.15) is 25.7 Å². The van der Waals surface area contributed by atoms with Gasteiger partial charge in [-0.25, -0.2) is 4.39 Å². The van der Waals surface area contributed by atoms with Crippen LogP contribution in [0.15, 0.2) is 12.1 Å². The lowest BCUT2D eigenvalue weighted by molar-refractivity contribution is 0.126. The number of hydrogen-bond donors (Lipinski definition) is 2. The first-order valence-electron chi connectivity index (χ1n) is 5.65. The molecule has 0 saturated heterocycles. The number of nitrogens with one attached hydrogen (secondary N) is 1. The minimum absolute atomic E-state index is 0.202. The second-order valence-electron chi connectivity index (χ2n) is 4.39. The van der Waals surface area contributed by atoms with Crippen LogP contribution in [0, 0.1) is 5.82 Å². The molecule has 0 aliphatic heterocycles. The maximum atomic E-state index is 13.0. The number of anilines is 1. The standard InChI is InChI=1S/C12H14Cl2FNO/c13-10-5-7(15)6-11(14)12(10)16-8-1-3-9(17)4-2-8/h5-6,8-9,16-17H,1-4H2. The minimum Gasteiger partial charge on any atom is -0.393 e. The first kappa shape index (κ1) is 12.9. The van der Waals surface area contributed by atoms with Crippen molar-refractivity contribution in [2.75, 3.05) is 5.32 Å². The highest BCUT2D eigenvalue weighted by Gasteiger charge is 2.20. The number of rotatable bonds is 2. The average molecular weight is 278 g/mol. The monoisotopic (exact) mass is 277 g/mol. The second kappa shape index (κ2) is 5.42. The van der Waals surface area contributed by atoms with E-state index in [1.807, 2.05) is 0 Å². The summed E-state index contributed by atoms with van der Waals surface area (Å²) in [5, 5.41) is 13.2. The zero-order valence-corrected chi connectivity index (χ0v) is 10.7. The van der Waals surface area contributed by atoms with E-state index in [1.54, 1.807) is 0 Å². The van der Waals surface area contributed by atoms with Gasteiger partial charge in [0.05, 0.1) is 21.8 Å². The fourth-order valence-corrected chi connectivity index (χ4v) is 2.67. The third-order valence-corrected chi connectivity index (χ3v) is 3.65. The van der Waals surface area contributed by atoms with Crippen molar-refractivity contribution in [3.63, 3.8) is 0 Å². The maximum Gasteiger partial charge on any atom is 0.126 e. The molecule has 0 radical (unpaired) electrons. The zero-order valence-electron chi connectivity index (χ0n) is 9.22. The molecule has 94 valence electrons. The van der Waals surface area contributed by atoms with Crippen LogP contribution in [0.4, 0.5) is 10.1 Å². The van der Waals surface area contributed by atoms with Crippen molar-refractivity contribution in [1.29, 1.82) is 0 Å². The third-order valence-electron chi connectivity index (χ3n) is 3.05. The molecule has 17 heavy (non-hydrogen) atoms. The predicted molar refractivity (Wildman–Crippen MR) is 68.3 cm³/mol. The molecule has 0 heterocycles. The topological polar surface area (TPSA) is 32.3 Å². The molecule has 1 fully saturated rings. The van der Waals surface area contributed by atoms with Crippen LogP contribution < -0.4 is 5.32 Å². The van der Waals surface area contributed by atoms with Crippen LogP contribution in [0.5, 0.6) is 0 Å². The van der Waals surface area contributed by atoms with Crippen LogP contribution in [0.3, 0.4) is 0 Å². The van der Waals surface area contributed by atoms with Gasteiger partial charge in [-0.2, -0.15) is 0 Å². The number of aliphatic hydroxyl groups excluding tert-OH is 1. The van der Waals surface area contributed by atoms with Gasteiger partial charge in [0.25, 0.3) is 0 Å². The van der Waals surface area contributed by atoms with E-state index in [0.717, 1.165) is 25.7 Å². The summed E-state index contributed by atoms with van der Waals surface area (Å²) in [7, 11) is 0. The summed E-state index contributed by atoms with van der Waals surface area (Å²) in [4.78, 5) is 0. The Morgan fingerprint density at radius 2 is 1.65 bits per heavy atom. The normalized spacial score (nSPS) is 24.7. The van der Waals surface area contributed by atoms with Crippen molar-refractivity contribution in [2.24, 2.45) is 0 Å². The summed E-state index contributed by atoms with van der Waals surface area (Å²) in [5.41, 5.74) is 0.580. The minimum atomic E-state index is -0.440. The van der Waals surface area contributed by atoms with Gasteiger partial charge in [-0.15, -0.1) is 0 Å². The van der Waals surface area contributed by atoms with Gasteiger partial charge in [0.15, 0.2) is 0 Å². The van der Waals surface area contributed by atoms with E-state index in [9.17, 15) is 9.50 Å². The Morgan fingerprint density at radius 1 is 1.12 bits per heavy atom. The van der Waals surface area contributed by atoms with Gasteiger partial charge in [0.1, 0.15) is 5.82 Å². The molecule has 2 N–H and O–H groups in total. The molecule has 1 aromatic carbocycles. The molecule has 1 aliphatic rings. The summed E-state index contributed by atoms with van der Waals surface area (Å²) in [6, 6.07) is 2.72. The van der Waals surface area contributed by atoms with E-state index in [0.29, 0.717) is 15.7 Å². The van der Waals surface area contributed by atoms with Crippen molar-refractivity contribution >= 4 is 28.9 Å². The number of hydrogen-bond acceptors (Lipinski definition) is 2. The maximum absolute atomic E-state index is 13.0. The highest BCUT2D eigenvalue weighted by Crippen LogP contribution is 2.33. The van der Waals surface area contributed by atoms with Crippen LogP contribution in [-0.4, -0.2) is 17.3 Å². The Morgan fingerprint density at radius 3 is 2.18 bits per heavy atom. The first-order valence-corrected chi connectivity index (χ1v) is 6.41. The van der Waals surface area contributed by atoms with Gasteiger partial charge in [-0.3, -0.25) is 0 Å². The number of halogens is 3. The Labute approximate surface area is 110 Å². The fraction of sp³-hybridized carbons (Fsp3) is 0.500. The van der Waals surface area contributed by atoms with Crippen LogP contribution in [-0.2, 0) is 0 Å². The van der Waals surface area contributed by atoms with Gasteiger partial charge in [-0.1, -0.05) is 23.2 Å². The van der Waals surface area contributed by atoms with Gasteiger partial charge in [0, 0.05) is 6.04 Å². The van der Waals surface area contributed by atoms with Gasteiger partial charge < -0.3 is 10.4 Å². The van der Waals surface area contributed by atoms with E-state index in [4.69, 9.17) is 23.2 Å². The molecule has 1 aromatic rings. The van der Waals surface area contributed by atoms with Crippen LogP contribution >= 0.6 is 23.2 Å². The summed E-state index contributed by atoms with van der Waals surface area (Å²) in [5.74, 6) is -0.440. The van der Waals surface area contributed by atoms with Crippen molar-refractivity contribution in [3.05, 3.63) is 28.0 Å². The average Bonchev–Trinajstić information content (AvgIpc) is 2.26. The molecule has 2 nitrogen and oxygen atoms in total. The Kier molecular flexibility index (Phi) is 4.13. The summed E-state index contributed by atoms with van der Waals surface area (Å²) in [6.45, 7) is 0. The van der Waals surface area contributed by atoms with Gasteiger partial charge in [-0.05, 0) is 37.8 Å². The molecule has 2 rings (SSSR count). The molecule has 0 atom stereocenters. The lowest BCUT2D eigenvalue weighted by Gasteiger charge is -2.27. The van der Waals surface area contributed by atoms with E-state index in [1.165, 1.54) is 12.1 Å². The first-order chi connectivity index (χ1) is 8.06. The Hall–Kier alpha value is -0.510. The van der Waals surface area contributed by atoms with Crippen LogP contribution in [0.2, 0.25) is 10.0 Å². The van der Waals surface area contributed by atoms with Crippen molar-refractivity contribution in [3.8, 4) is 0 Å². The summed E-state index contributed by atoms with van der Waals surface area (Å²) in [6.07, 6.45) is 3.07. The molecular formula is C12H14Cl2FNO. The summed E-state index contributed by atoms with van der Waals surface area (Å²) < 4.78 is 13.0. The highest BCUT2D eigenvalue weighted by atomic mass is 35.5. The van der Waals surface area contributed by atoms with E-state index >= 15 is 0 Å². The van der Waals surface area contributed by atoms with Gasteiger partial charge in [0.2, 0.25) is 0 Å². The molecular weight excluding hydrogens is 264 g/mol. The Balaban J connectivity index is 2.08. The SMILES string of the molecule is OC1CCC(Nc2c(Cl)cc(F)cc2Cl)CC1. The fourth-order valence-electron chi connectivity index (χ4n) is 2.10. The predicted octanol–water partition coefficient (Wildman–Crippen LogP) is 3.85. The largest absolute Gasteiger partial charge is 0.393 e. The van der Waals surface area contributed by atoms with Crippen molar-refractivity contribution in [1.82, 2.24) is 0 Å². The molecule has 0 unspecified atom stereocenters. The molecule has 5 heteroatoms. The van der Waals surface area contributed by atoms with Crippen molar-refractivity contribution < 1.29 is 9.50 Å². The second-order valence-corrected chi connectivity index (χ2v) is 5.21. The molecule has 0 aromatic heterocycles. The molecule has 1 saturated carbocycles. The van der Waals surface area contributed by atoms with Crippen molar-refractivity contribution in [2.45, 2.75) is 37.8 Å². The quantitative estimate of drug-likeness (QED) is 0.861. The van der Waals surface area contributed by atoms with E-state index in [2.05, 4.69) is 5.32 Å². The lowest BCUT2D eigenvalue weighted by atomic mass is 9.93. The smallest absolute Gasteiger partial charge is 0.126 e. The van der Waals surface area contributed by atoms with E-state index < -0.39 is 5.82 Å². The third kappa shape index (κ3) is 3.24.